The minimum Gasteiger partial charge on any atom is -0.460 e. The number of carbonyl (C=O) groups excluding carboxylic acids is 5. The summed E-state index contributed by atoms with van der Waals surface area (Å²) in [5.41, 5.74) is 1.29. The molecule has 3 heterocycles. The van der Waals surface area contributed by atoms with E-state index in [1.54, 1.807) is 34.1 Å². The number of methoxy groups -OCH3 is 3. The number of piperidine rings is 1. The van der Waals surface area contributed by atoms with Crippen LogP contribution in [-0.4, -0.2) is 133 Å². The van der Waals surface area contributed by atoms with Gasteiger partial charge in [-0.15, -0.1) is 0 Å². The van der Waals surface area contributed by atoms with Crippen molar-refractivity contribution in [2.75, 3.05) is 27.9 Å². The molecule has 2 saturated heterocycles. The van der Waals surface area contributed by atoms with Crippen molar-refractivity contribution in [3.05, 3.63) is 47.6 Å². The van der Waals surface area contributed by atoms with E-state index in [1.165, 1.54) is 12.0 Å². The number of allylic oxidation sites excluding steroid dienone is 6. The van der Waals surface area contributed by atoms with Gasteiger partial charge in [0.15, 0.2) is 5.78 Å². The maximum Gasteiger partial charge on any atom is 0.329 e. The average Bonchev–Trinajstić information content (AvgIpc) is 3.29. The number of ketones is 3. The molecule has 3 fully saturated rings. The van der Waals surface area contributed by atoms with Crippen molar-refractivity contribution < 1.29 is 62.6 Å². The highest BCUT2D eigenvalue weighted by molar-refractivity contribution is 6.39. The molecule has 14 heteroatoms. The van der Waals surface area contributed by atoms with Gasteiger partial charge in [0.25, 0.3) is 11.7 Å². The Hall–Kier alpha value is -3.37. The molecule has 2 bridgehead atoms. The van der Waals surface area contributed by atoms with Gasteiger partial charge in [-0.05, 0) is 121 Å². The third-order valence-corrected chi connectivity index (χ3v) is 14.3. The number of ether oxygens (including phenoxy) is 6. The van der Waals surface area contributed by atoms with Gasteiger partial charge in [-0.2, -0.15) is 0 Å². The number of aliphatic hydroxyl groups is 2. The van der Waals surface area contributed by atoms with Gasteiger partial charge in [-0.3, -0.25) is 19.2 Å². The molecular formula is C52H81NO13. The van der Waals surface area contributed by atoms with Gasteiger partial charge in [-0.25, -0.2) is 4.79 Å². The fourth-order valence-electron chi connectivity index (χ4n) is 9.99. The lowest BCUT2D eigenvalue weighted by atomic mass is 9.78. The predicted molar refractivity (Wildman–Crippen MR) is 250 cm³/mol. The van der Waals surface area contributed by atoms with E-state index < -0.39 is 71.8 Å². The Balaban J connectivity index is 1.66. The normalized spacial score (nSPS) is 37.8. The van der Waals surface area contributed by atoms with Gasteiger partial charge in [0.05, 0.1) is 30.5 Å². The molecule has 0 spiro atoms. The molecule has 4 rings (SSSR count). The van der Waals surface area contributed by atoms with Gasteiger partial charge in [-0.1, -0.05) is 57.2 Å². The molecule has 0 aromatic rings. The number of cyclic esters (lactones) is 1. The van der Waals surface area contributed by atoms with Crippen molar-refractivity contribution in [2.24, 2.45) is 23.7 Å². The van der Waals surface area contributed by atoms with Gasteiger partial charge in [0.1, 0.15) is 30.1 Å². The zero-order valence-electron chi connectivity index (χ0n) is 41.4. The summed E-state index contributed by atoms with van der Waals surface area (Å²) in [7, 11) is 4.65. The number of aliphatic hydroxyl groups excluding tert-OH is 1. The average molecular weight is 928 g/mol. The zero-order valence-corrected chi connectivity index (χ0v) is 41.4. The van der Waals surface area contributed by atoms with Crippen LogP contribution in [0.4, 0.5) is 0 Å². The number of Topliss-reactive ketones (excluding diaryl/α,β-unsaturated/α-hetero) is 3. The van der Waals surface area contributed by atoms with E-state index in [0.717, 1.165) is 24.8 Å². The maximum atomic E-state index is 14.4. The van der Waals surface area contributed by atoms with Gasteiger partial charge >= 0.3 is 5.97 Å². The van der Waals surface area contributed by atoms with Crippen molar-refractivity contribution >= 4 is 29.2 Å². The maximum absolute atomic E-state index is 14.4. The molecule has 1 amide bonds. The standard InChI is InChI=1S/C52H81NO13/c1-32(2)64-42-26-23-38(29-45(42)62-9)28-36(6)44-30-39(54)24-21-35(5)47(56)48(63-10)46(55)34(4)19-15-13-11-12-14-18-33(3)43(61-8)31-40-25-22-37(7)52(60,66-40)49(57)50(58)53-27-17-16-20-41(53)51(59)65-44/h11-14,18,21,32,34,36-38,40-45,47-48,56,60H,15-17,19-20,22-31H2,1-10H3/b13-11+,14-12+,33-18+,35-21+/t34-,36-,37-,38+,40+,41+,42-,43+,44+,45-,47-,48+,52-/m1/s1. The molecule has 0 unspecified atom stereocenters. The summed E-state index contributed by atoms with van der Waals surface area (Å²) in [6.07, 6.45) is 13.3. The van der Waals surface area contributed by atoms with Crippen LogP contribution in [-0.2, 0) is 52.4 Å². The summed E-state index contributed by atoms with van der Waals surface area (Å²) in [6.45, 7) is 13.1. The van der Waals surface area contributed by atoms with Crippen LogP contribution < -0.4 is 0 Å². The third kappa shape index (κ3) is 15.1. The number of nitrogens with zero attached hydrogens (tertiary/aromatic N) is 1. The van der Waals surface area contributed by atoms with E-state index in [9.17, 15) is 34.2 Å². The van der Waals surface area contributed by atoms with E-state index in [-0.39, 0.29) is 67.5 Å². The quantitative estimate of drug-likeness (QED) is 0.143. The van der Waals surface area contributed by atoms with Crippen LogP contribution in [0, 0.1) is 23.7 Å². The SMILES string of the molecule is CO[C@H]1C[C@@H]2CC[C@@H](C)[C@@](O)(O2)C(=O)C(=O)N2CCCC[C@H]2C(=O)O[C@H]([C@H](C)C[C@@H]2CC[C@@H](OC(C)C)[C@H](OC)C2)CC(=O)C/C=C(\C)[C@@H](O)[C@@H](OC)C(=O)[C@H](C)CC/C=C/C=C/C=C/1C. The molecule has 3 aliphatic heterocycles. The lowest BCUT2D eigenvalue weighted by Crippen LogP contribution is -2.61. The Morgan fingerprint density at radius 2 is 1.59 bits per heavy atom. The highest BCUT2D eigenvalue weighted by Crippen LogP contribution is 2.38. The molecule has 372 valence electrons. The van der Waals surface area contributed by atoms with E-state index in [4.69, 9.17) is 28.4 Å². The van der Waals surface area contributed by atoms with Crippen LogP contribution in [0.3, 0.4) is 0 Å². The number of hydrogen-bond donors (Lipinski definition) is 2. The van der Waals surface area contributed by atoms with Crippen LogP contribution >= 0.6 is 0 Å². The minimum absolute atomic E-state index is 0.0373. The van der Waals surface area contributed by atoms with Crippen molar-refractivity contribution in [2.45, 2.75) is 199 Å². The summed E-state index contributed by atoms with van der Waals surface area (Å²) in [5.74, 6) is -6.96. The van der Waals surface area contributed by atoms with Crippen LogP contribution in [0.2, 0.25) is 0 Å². The van der Waals surface area contributed by atoms with Crippen LogP contribution in [0.25, 0.3) is 0 Å². The molecule has 1 aliphatic carbocycles. The second-order valence-electron chi connectivity index (χ2n) is 19.7. The highest BCUT2D eigenvalue weighted by atomic mass is 16.6. The lowest BCUT2D eigenvalue weighted by molar-refractivity contribution is -0.265. The summed E-state index contributed by atoms with van der Waals surface area (Å²) >= 11 is 0. The molecule has 66 heavy (non-hydrogen) atoms. The first kappa shape index (κ1) is 55.2. The van der Waals surface area contributed by atoms with Gasteiger partial charge in [0.2, 0.25) is 5.79 Å². The summed E-state index contributed by atoms with van der Waals surface area (Å²) in [6, 6.07) is -1.12. The van der Waals surface area contributed by atoms with E-state index in [2.05, 4.69) is 0 Å². The molecule has 13 atom stereocenters. The topological polar surface area (TPSA) is 184 Å². The third-order valence-electron chi connectivity index (χ3n) is 14.3. The first-order valence-electron chi connectivity index (χ1n) is 24.4. The molecule has 0 aromatic carbocycles. The predicted octanol–water partition coefficient (Wildman–Crippen LogP) is 7.12. The van der Waals surface area contributed by atoms with Crippen molar-refractivity contribution in [3.8, 4) is 0 Å². The minimum atomic E-state index is -2.42. The number of esters is 1. The van der Waals surface area contributed by atoms with Crippen LogP contribution in [0.5, 0.6) is 0 Å². The highest BCUT2D eigenvalue weighted by Gasteiger charge is 2.53. The van der Waals surface area contributed by atoms with Gasteiger partial charge < -0.3 is 43.5 Å². The zero-order chi connectivity index (χ0) is 48.7. The second kappa shape index (κ2) is 26.4. The van der Waals surface area contributed by atoms with E-state index in [0.29, 0.717) is 56.9 Å². The van der Waals surface area contributed by atoms with Crippen molar-refractivity contribution in [1.82, 2.24) is 4.90 Å². The second-order valence-corrected chi connectivity index (χ2v) is 19.7. The Bertz CT molecular complexity index is 1750. The Morgan fingerprint density at radius 1 is 0.848 bits per heavy atom. The van der Waals surface area contributed by atoms with Crippen molar-refractivity contribution in [1.29, 1.82) is 0 Å². The summed E-state index contributed by atoms with van der Waals surface area (Å²) < 4.78 is 35.8. The van der Waals surface area contributed by atoms with Crippen molar-refractivity contribution in [3.63, 3.8) is 0 Å². The Morgan fingerprint density at radius 3 is 2.27 bits per heavy atom. The number of hydrogen-bond acceptors (Lipinski definition) is 13. The lowest BCUT2D eigenvalue weighted by Gasteiger charge is -2.42. The monoisotopic (exact) mass is 928 g/mol. The van der Waals surface area contributed by atoms with E-state index in [1.807, 2.05) is 65.0 Å². The number of carbonyl (C=O) groups is 5. The first-order valence-corrected chi connectivity index (χ1v) is 24.4. The smallest absolute Gasteiger partial charge is 0.329 e. The fraction of sp³-hybridized carbons (Fsp3) is 0.750. The van der Waals surface area contributed by atoms with Gasteiger partial charge in [0, 0.05) is 59.0 Å². The largest absolute Gasteiger partial charge is 0.460 e. The number of fused-ring (bicyclic) bond motifs is 3. The molecule has 2 N–H and O–H groups in total. The Labute approximate surface area is 393 Å². The molecule has 4 aliphatic rings. The number of amides is 1. The molecule has 14 nitrogen and oxygen atoms in total. The summed E-state index contributed by atoms with van der Waals surface area (Å²) in [5, 5.41) is 23.2. The molecule has 0 radical (unpaired) electrons. The first-order chi connectivity index (χ1) is 31.3. The van der Waals surface area contributed by atoms with Crippen LogP contribution in [0.15, 0.2) is 47.6 Å². The van der Waals surface area contributed by atoms with Crippen LogP contribution in [0.1, 0.15) is 138 Å². The number of rotatable bonds is 8. The summed E-state index contributed by atoms with van der Waals surface area (Å²) in [4.78, 5) is 71.4. The molecule has 0 aromatic heterocycles. The molecule has 1 saturated carbocycles. The molecular weight excluding hydrogens is 847 g/mol. The van der Waals surface area contributed by atoms with E-state index >= 15 is 0 Å². The fourth-order valence-corrected chi connectivity index (χ4v) is 9.99. The Kier molecular flexibility index (Phi) is 22.1.